The minimum Gasteiger partial charge on any atom is -0.506 e. The lowest BCUT2D eigenvalue weighted by Crippen LogP contribution is -1.71. The van der Waals surface area contributed by atoms with Gasteiger partial charge in [0, 0.05) is 10.1 Å². The third kappa shape index (κ3) is 1.21. The second-order valence-corrected chi connectivity index (χ2v) is 4.02. The molecule has 1 aromatic carbocycles. The molecule has 0 aliphatic carbocycles. The predicted octanol–water partition coefficient (Wildman–Crippen LogP) is 2.73. The maximum Gasteiger partial charge on any atom is 0.163 e. The van der Waals surface area contributed by atoms with Crippen LogP contribution in [0.2, 0.25) is 0 Å². The van der Waals surface area contributed by atoms with Crippen LogP contribution in [0.5, 0.6) is 5.75 Å². The van der Waals surface area contributed by atoms with E-state index in [4.69, 9.17) is 0 Å². The molecule has 0 aliphatic rings. The molecule has 0 bridgehead atoms. The van der Waals surface area contributed by atoms with E-state index in [0.29, 0.717) is 11.2 Å². The fourth-order valence-electron chi connectivity index (χ4n) is 1.30. The van der Waals surface area contributed by atoms with Crippen molar-refractivity contribution < 1.29 is 9.90 Å². The van der Waals surface area contributed by atoms with Crippen molar-refractivity contribution >= 4 is 27.7 Å². The van der Waals surface area contributed by atoms with Gasteiger partial charge >= 0.3 is 0 Å². The molecule has 0 spiro atoms. The number of aryl methyl sites for hydroxylation is 1. The number of thiophene rings is 1. The first-order valence-corrected chi connectivity index (χ1v) is 4.71. The van der Waals surface area contributed by atoms with Crippen LogP contribution in [0, 0.1) is 6.92 Å². The molecule has 13 heavy (non-hydrogen) atoms. The van der Waals surface area contributed by atoms with Crippen LogP contribution in [0.25, 0.3) is 10.1 Å². The Morgan fingerprint density at radius 1 is 1.46 bits per heavy atom. The quantitative estimate of drug-likeness (QED) is 0.705. The highest BCUT2D eigenvalue weighted by atomic mass is 32.1. The number of carbonyl (C=O) groups is 1. The van der Waals surface area contributed by atoms with Crippen LogP contribution < -0.4 is 0 Å². The average Bonchev–Trinajstić information content (AvgIpc) is 2.44. The molecule has 1 aromatic heterocycles. The van der Waals surface area contributed by atoms with E-state index in [9.17, 15) is 9.90 Å². The number of benzene rings is 1. The Kier molecular flexibility index (Phi) is 1.81. The summed E-state index contributed by atoms with van der Waals surface area (Å²) in [6.45, 7) is 1.96. The molecule has 1 N–H and O–H groups in total. The number of fused-ring (bicyclic) bond motifs is 1. The van der Waals surface area contributed by atoms with Crippen LogP contribution in [-0.2, 0) is 0 Å². The van der Waals surface area contributed by atoms with Crippen molar-refractivity contribution in [2.24, 2.45) is 0 Å². The highest BCUT2D eigenvalue weighted by molar-refractivity contribution is 7.21. The fourth-order valence-corrected chi connectivity index (χ4v) is 2.19. The van der Waals surface area contributed by atoms with Crippen LogP contribution >= 0.6 is 11.3 Å². The van der Waals surface area contributed by atoms with Gasteiger partial charge in [0.2, 0.25) is 0 Å². The zero-order chi connectivity index (χ0) is 9.42. The van der Waals surface area contributed by atoms with Crippen LogP contribution in [0.1, 0.15) is 15.2 Å². The lowest BCUT2D eigenvalue weighted by atomic mass is 10.2. The summed E-state index contributed by atoms with van der Waals surface area (Å²) in [5.41, 5.74) is 1.08. The summed E-state index contributed by atoms with van der Waals surface area (Å²) in [5.74, 6) is 0.110. The SMILES string of the molecule is Cc1ccc2sc(C=O)c(O)c2c1. The number of hydrogen-bond donors (Lipinski definition) is 1. The average molecular weight is 192 g/mol. The minimum absolute atomic E-state index is 0.110. The van der Waals surface area contributed by atoms with Crippen molar-refractivity contribution in [2.75, 3.05) is 0 Å². The monoisotopic (exact) mass is 192 g/mol. The molecule has 0 atom stereocenters. The normalized spacial score (nSPS) is 10.5. The molecule has 0 fully saturated rings. The van der Waals surface area contributed by atoms with Gasteiger partial charge in [-0.15, -0.1) is 11.3 Å². The molecule has 0 amide bonds. The maximum atomic E-state index is 10.5. The van der Waals surface area contributed by atoms with Crippen molar-refractivity contribution in [3.8, 4) is 5.75 Å². The van der Waals surface area contributed by atoms with E-state index in [-0.39, 0.29) is 5.75 Å². The first-order valence-electron chi connectivity index (χ1n) is 3.89. The van der Waals surface area contributed by atoms with Crippen LogP contribution in [-0.4, -0.2) is 11.4 Å². The van der Waals surface area contributed by atoms with E-state index < -0.39 is 0 Å². The van der Waals surface area contributed by atoms with E-state index >= 15 is 0 Å². The summed E-state index contributed by atoms with van der Waals surface area (Å²) in [6.07, 6.45) is 0.690. The molecule has 0 aliphatic heterocycles. The van der Waals surface area contributed by atoms with Gasteiger partial charge in [0.15, 0.2) is 6.29 Å². The van der Waals surface area contributed by atoms with Gasteiger partial charge in [-0.1, -0.05) is 11.6 Å². The van der Waals surface area contributed by atoms with Gasteiger partial charge in [0.05, 0.1) is 0 Å². The molecule has 3 heteroatoms. The van der Waals surface area contributed by atoms with Gasteiger partial charge in [-0.3, -0.25) is 4.79 Å². The smallest absolute Gasteiger partial charge is 0.163 e. The molecule has 2 rings (SSSR count). The topological polar surface area (TPSA) is 37.3 Å². The van der Waals surface area contributed by atoms with Crippen LogP contribution in [0.3, 0.4) is 0 Å². The van der Waals surface area contributed by atoms with E-state index in [0.717, 1.165) is 15.6 Å². The van der Waals surface area contributed by atoms with Gasteiger partial charge < -0.3 is 5.11 Å². The summed E-state index contributed by atoms with van der Waals surface area (Å²) < 4.78 is 0.949. The zero-order valence-electron chi connectivity index (χ0n) is 7.07. The molecular formula is C10H8O2S. The molecule has 0 saturated heterocycles. The van der Waals surface area contributed by atoms with Gasteiger partial charge in [-0.05, 0) is 19.1 Å². The van der Waals surface area contributed by atoms with Gasteiger partial charge in [-0.25, -0.2) is 0 Å². The Hall–Kier alpha value is -1.35. The fraction of sp³-hybridized carbons (Fsp3) is 0.100. The Balaban J connectivity index is 2.84. The largest absolute Gasteiger partial charge is 0.506 e. The number of aldehydes is 1. The van der Waals surface area contributed by atoms with Crippen molar-refractivity contribution in [1.82, 2.24) is 0 Å². The second-order valence-electron chi connectivity index (χ2n) is 2.93. The summed E-state index contributed by atoms with van der Waals surface area (Å²) in [5, 5.41) is 10.4. The molecule has 0 saturated carbocycles. The zero-order valence-corrected chi connectivity index (χ0v) is 7.89. The molecule has 1 heterocycles. The summed E-state index contributed by atoms with van der Waals surface area (Å²) in [7, 11) is 0. The van der Waals surface area contributed by atoms with Gasteiger partial charge in [0.25, 0.3) is 0 Å². The number of carbonyl (C=O) groups excluding carboxylic acids is 1. The molecule has 0 radical (unpaired) electrons. The van der Waals surface area contributed by atoms with Gasteiger partial charge in [0.1, 0.15) is 10.6 Å². The Morgan fingerprint density at radius 3 is 2.92 bits per heavy atom. The molecule has 2 nitrogen and oxygen atoms in total. The highest BCUT2D eigenvalue weighted by Gasteiger charge is 2.09. The van der Waals surface area contributed by atoms with E-state index in [2.05, 4.69) is 0 Å². The number of rotatable bonds is 1. The highest BCUT2D eigenvalue weighted by Crippen LogP contribution is 2.35. The van der Waals surface area contributed by atoms with Crippen molar-refractivity contribution in [3.05, 3.63) is 28.6 Å². The minimum atomic E-state index is 0.110. The van der Waals surface area contributed by atoms with Crippen molar-refractivity contribution in [1.29, 1.82) is 0 Å². The molecule has 0 unspecified atom stereocenters. The molecule has 2 aromatic rings. The van der Waals surface area contributed by atoms with Gasteiger partial charge in [-0.2, -0.15) is 0 Å². The summed E-state index contributed by atoms with van der Waals surface area (Å²) in [4.78, 5) is 10.9. The van der Waals surface area contributed by atoms with Crippen molar-refractivity contribution in [2.45, 2.75) is 6.92 Å². The predicted molar refractivity (Wildman–Crippen MR) is 53.6 cm³/mol. The maximum absolute atomic E-state index is 10.5. The molecule has 66 valence electrons. The lowest BCUT2D eigenvalue weighted by molar-refractivity contribution is 0.112. The Morgan fingerprint density at radius 2 is 2.23 bits per heavy atom. The van der Waals surface area contributed by atoms with E-state index in [1.165, 1.54) is 11.3 Å². The molecular weight excluding hydrogens is 184 g/mol. The van der Waals surface area contributed by atoms with Crippen LogP contribution in [0.15, 0.2) is 18.2 Å². The Bertz CT molecular complexity index is 471. The third-order valence-electron chi connectivity index (χ3n) is 1.95. The second kappa shape index (κ2) is 2.85. The number of hydrogen-bond acceptors (Lipinski definition) is 3. The van der Waals surface area contributed by atoms with Crippen LogP contribution in [0.4, 0.5) is 0 Å². The lowest BCUT2D eigenvalue weighted by Gasteiger charge is -1.92. The Labute approximate surface area is 79.4 Å². The van der Waals surface area contributed by atoms with Crippen molar-refractivity contribution in [3.63, 3.8) is 0 Å². The standard InChI is InChI=1S/C10H8O2S/c1-6-2-3-8-7(4-6)10(12)9(5-11)13-8/h2-5,12H,1H3. The first-order chi connectivity index (χ1) is 6.22. The van der Waals surface area contributed by atoms with E-state index in [1.54, 1.807) is 0 Å². The first kappa shape index (κ1) is 8.26. The summed E-state index contributed by atoms with van der Waals surface area (Å²) in [6, 6.07) is 5.77. The van der Waals surface area contributed by atoms with E-state index in [1.807, 2.05) is 25.1 Å². The third-order valence-corrected chi connectivity index (χ3v) is 3.04. The number of aromatic hydroxyl groups is 1. The summed E-state index contributed by atoms with van der Waals surface area (Å²) >= 11 is 1.31.